The number of nitrogens with one attached hydrogen (secondary N) is 4. The summed E-state index contributed by atoms with van der Waals surface area (Å²) in [6.07, 6.45) is 1.87. The molecular formula is C54H59N5O10. The van der Waals surface area contributed by atoms with Crippen molar-refractivity contribution in [1.82, 2.24) is 25.8 Å². The Kier molecular flexibility index (Phi) is 15.7. The minimum absolute atomic E-state index is 0.0862. The number of aromatic amines is 1. The molecule has 2 heterocycles. The Morgan fingerprint density at radius 2 is 1.55 bits per heavy atom. The lowest BCUT2D eigenvalue weighted by Gasteiger charge is -2.36. The van der Waals surface area contributed by atoms with Gasteiger partial charge in [0.25, 0.3) is 11.8 Å². The predicted octanol–water partition coefficient (Wildman–Crippen LogP) is 5.60. The number of phenols is 1. The first-order chi connectivity index (χ1) is 33.5. The number of ether oxygens (including phenoxy) is 3. The van der Waals surface area contributed by atoms with Crippen LogP contribution in [0.25, 0.3) is 10.9 Å². The second kappa shape index (κ2) is 22.4. The summed E-state index contributed by atoms with van der Waals surface area (Å²) in [5.41, 5.74) is 1.40. The number of phenolic OH excluding ortho intramolecular Hbond substituents is 1. The number of aromatic nitrogens is 1. The maximum absolute atomic E-state index is 13.9. The summed E-state index contributed by atoms with van der Waals surface area (Å²) in [6, 6.07) is 36.3. The fourth-order valence-corrected chi connectivity index (χ4v) is 9.02. The van der Waals surface area contributed by atoms with Crippen molar-refractivity contribution in [2.45, 2.75) is 69.5 Å². The summed E-state index contributed by atoms with van der Waals surface area (Å²) in [4.78, 5) is 57.0. The number of aliphatic hydroxyl groups is 2. The molecule has 2 fully saturated rings. The Bertz CT molecular complexity index is 2770. The van der Waals surface area contributed by atoms with Gasteiger partial charge in [0.05, 0.1) is 24.8 Å². The number of aliphatic hydroxyl groups excluding tert-OH is 1. The molecule has 1 aliphatic carbocycles. The number of nitrogens with zero attached hydrogens (tertiary/aromatic N) is 1. The molecule has 6 aromatic rings. The van der Waals surface area contributed by atoms with Gasteiger partial charge in [-0.2, -0.15) is 0 Å². The van der Waals surface area contributed by atoms with E-state index in [1.165, 1.54) is 17.7 Å². The second-order valence-corrected chi connectivity index (χ2v) is 17.8. The smallest absolute Gasteiger partial charge is 0.347 e. The van der Waals surface area contributed by atoms with Gasteiger partial charge >= 0.3 is 5.97 Å². The van der Waals surface area contributed by atoms with Crippen LogP contribution in [0, 0.1) is 5.92 Å². The first-order valence-corrected chi connectivity index (χ1v) is 23.5. The van der Waals surface area contributed by atoms with E-state index >= 15 is 0 Å². The molecule has 15 heteroatoms. The first-order valence-electron chi connectivity index (χ1n) is 23.5. The highest BCUT2D eigenvalue weighted by Gasteiger charge is 2.42. The Labute approximate surface area is 400 Å². The molecule has 1 aromatic heterocycles. The first kappa shape index (κ1) is 48.4. The van der Waals surface area contributed by atoms with Crippen molar-refractivity contribution in [2.75, 3.05) is 39.5 Å². The van der Waals surface area contributed by atoms with Gasteiger partial charge in [-0.15, -0.1) is 0 Å². The molecule has 2 amide bonds. The quantitative estimate of drug-likeness (QED) is 0.0467. The molecule has 1 aliphatic heterocycles. The summed E-state index contributed by atoms with van der Waals surface area (Å²) in [5, 5.41) is 43.1. The van der Waals surface area contributed by atoms with E-state index in [2.05, 4.69) is 38.0 Å². The van der Waals surface area contributed by atoms with Crippen LogP contribution in [0.4, 0.5) is 0 Å². The van der Waals surface area contributed by atoms with Crippen LogP contribution in [0.5, 0.6) is 17.2 Å². The predicted molar refractivity (Wildman–Crippen MR) is 260 cm³/mol. The van der Waals surface area contributed by atoms with Gasteiger partial charge in [-0.3, -0.25) is 19.3 Å². The zero-order valence-corrected chi connectivity index (χ0v) is 38.6. The lowest BCUT2D eigenvalue weighted by Crippen LogP contribution is -2.54. The zero-order valence-electron chi connectivity index (χ0n) is 38.6. The monoisotopic (exact) mass is 937 g/mol. The number of hydrogen-bond acceptors (Lipinski definition) is 12. The highest BCUT2D eigenvalue weighted by molar-refractivity contribution is 5.95. The summed E-state index contributed by atoms with van der Waals surface area (Å²) in [7, 11) is 0. The van der Waals surface area contributed by atoms with E-state index in [1.807, 2.05) is 25.1 Å². The molecule has 1 unspecified atom stereocenters. The SMILES string of the molecule is CCOc1cc(C(=O)N[C@H]2C[C@H](NC(=O)COc3cccc(C(O)(C(=O)OCC4CCN(Cc5ccccc5)CC4)c4ccccc4)c3)C2)ccc1CNC[C@H](O)c1ccc(O)c2[nH]c(=O)ccc12. The molecule has 7 N–H and O–H groups in total. The third kappa shape index (κ3) is 12.0. The molecule has 1 saturated heterocycles. The van der Waals surface area contributed by atoms with E-state index in [4.69, 9.17) is 14.2 Å². The molecule has 0 radical (unpaired) electrons. The molecular weight excluding hydrogens is 879 g/mol. The van der Waals surface area contributed by atoms with Crippen molar-refractivity contribution < 1.29 is 43.9 Å². The van der Waals surface area contributed by atoms with Crippen LogP contribution in [-0.2, 0) is 33.0 Å². The highest BCUT2D eigenvalue weighted by atomic mass is 16.6. The molecule has 69 heavy (non-hydrogen) atoms. The van der Waals surface area contributed by atoms with E-state index in [0.29, 0.717) is 59.6 Å². The number of benzene rings is 5. The van der Waals surface area contributed by atoms with Crippen LogP contribution >= 0.6 is 0 Å². The molecule has 1 saturated carbocycles. The van der Waals surface area contributed by atoms with Crippen LogP contribution in [0.1, 0.15) is 76.9 Å². The van der Waals surface area contributed by atoms with Crippen LogP contribution < -0.4 is 31.0 Å². The Morgan fingerprint density at radius 3 is 2.30 bits per heavy atom. The number of fused-ring (bicyclic) bond motifs is 1. The third-order valence-electron chi connectivity index (χ3n) is 12.9. The second-order valence-electron chi connectivity index (χ2n) is 17.8. The van der Waals surface area contributed by atoms with Crippen LogP contribution in [0.3, 0.4) is 0 Å². The number of amides is 2. The Hall–Kier alpha value is -7.04. The minimum Gasteiger partial charge on any atom is -0.506 e. The minimum atomic E-state index is -2.12. The van der Waals surface area contributed by atoms with E-state index in [0.717, 1.165) is 38.0 Å². The van der Waals surface area contributed by atoms with Gasteiger partial charge in [-0.05, 0) is 105 Å². The number of carbonyl (C=O) groups excluding carboxylic acids is 3. The van der Waals surface area contributed by atoms with Crippen molar-refractivity contribution in [2.24, 2.45) is 5.92 Å². The number of piperidine rings is 1. The van der Waals surface area contributed by atoms with Gasteiger partial charge in [-0.1, -0.05) is 84.9 Å². The Balaban J connectivity index is 0.789. The van der Waals surface area contributed by atoms with Crippen LogP contribution in [0.15, 0.2) is 132 Å². The van der Waals surface area contributed by atoms with Gasteiger partial charge in [0, 0.05) is 59.9 Å². The van der Waals surface area contributed by atoms with Crippen LogP contribution in [-0.4, -0.2) is 94.5 Å². The number of pyridine rings is 1. The standard InChI is InChI=1S/C54H59N5O10/c1-2-67-48-26-37(16-17-38(48)30-55-31-47(61)44-18-20-46(60)51-45(44)19-21-49(62)58-51)52(64)57-42-28-41(29-42)56-50(63)34-68-43-15-9-14-40(27-43)54(66,39-12-7-4-8-13-39)53(65)69-33-36-22-24-59(25-23-36)32-35-10-5-3-6-11-35/h3-21,26-27,36,41-42,47,55,60-61,66H,2,22-25,28-34H2,1H3,(H,56,63)(H,57,64)(H,58,62)/t41-,42-,47-,54?/m0/s1. The largest absolute Gasteiger partial charge is 0.506 e. The Morgan fingerprint density at radius 1 is 0.826 bits per heavy atom. The summed E-state index contributed by atoms with van der Waals surface area (Å²) in [5.74, 6) is -0.508. The third-order valence-corrected chi connectivity index (χ3v) is 12.9. The lowest BCUT2D eigenvalue weighted by molar-refractivity contribution is -0.164. The van der Waals surface area contributed by atoms with E-state index in [9.17, 15) is 34.5 Å². The zero-order chi connectivity index (χ0) is 48.3. The molecule has 5 aromatic carbocycles. The number of H-pyrrole nitrogens is 1. The number of esters is 1. The van der Waals surface area contributed by atoms with Crippen molar-refractivity contribution >= 4 is 28.7 Å². The normalized spacial score (nSPS) is 17.5. The molecule has 0 bridgehead atoms. The number of hydrogen-bond donors (Lipinski definition) is 7. The van der Waals surface area contributed by atoms with Crippen molar-refractivity contribution in [3.8, 4) is 17.2 Å². The van der Waals surface area contributed by atoms with E-state index in [-0.39, 0.29) is 72.0 Å². The lowest BCUT2D eigenvalue weighted by atomic mass is 9.86. The van der Waals surface area contributed by atoms with Crippen molar-refractivity contribution in [3.63, 3.8) is 0 Å². The average Bonchev–Trinajstić information content (AvgIpc) is 3.35. The molecule has 8 rings (SSSR count). The van der Waals surface area contributed by atoms with Gasteiger partial charge < -0.3 is 50.5 Å². The summed E-state index contributed by atoms with van der Waals surface area (Å²) >= 11 is 0. The molecule has 15 nitrogen and oxygen atoms in total. The fraction of sp³-hybridized carbons (Fsp3) is 0.333. The fourth-order valence-electron chi connectivity index (χ4n) is 9.02. The van der Waals surface area contributed by atoms with Gasteiger partial charge in [0.15, 0.2) is 6.61 Å². The number of carbonyl (C=O) groups is 3. The van der Waals surface area contributed by atoms with Crippen LogP contribution in [0.2, 0.25) is 0 Å². The number of rotatable bonds is 20. The maximum atomic E-state index is 13.9. The molecule has 360 valence electrons. The van der Waals surface area contributed by atoms with Gasteiger partial charge in [-0.25, -0.2) is 4.79 Å². The van der Waals surface area contributed by atoms with Crippen molar-refractivity contribution in [3.05, 3.63) is 171 Å². The molecule has 2 aliphatic rings. The summed E-state index contributed by atoms with van der Waals surface area (Å²) < 4.78 is 17.6. The number of aromatic hydroxyl groups is 1. The number of likely N-dealkylation sites (tertiary alicyclic amines) is 1. The van der Waals surface area contributed by atoms with Crippen molar-refractivity contribution in [1.29, 1.82) is 0 Å². The van der Waals surface area contributed by atoms with E-state index in [1.54, 1.807) is 84.9 Å². The van der Waals surface area contributed by atoms with E-state index < -0.39 is 17.7 Å². The summed E-state index contributed by atoms with van der Waals surface area (Å²) in [6.45, 7) is 5.28. The van der Waals surface area contributed by atoms with Gasteiger partial charge in [0.1, 0.15) is 17.2 Å². The van der Waals surface area contributed by atoms with Gasteiger partial charge in [0.2, 0.25) is 11.2 Å². The molecule has 2 atom stereocenters. The average molecular weight is 938 g/mol. The molecule has 0 spiro atoms. The topological polar surface area (TPSA) is 212 Å². The maximum Gasteiger partial charge on any atom is 0.347 e. The highest BCUT2D eigenvalue weighted by Crippen LogP contribution is 2.34.